The molecule has 3 heterocycles. The monoisotopic (exact) mass is 502 g/mol. The molecule has 1 saturated carbocycles. The van der Waals surface area contributed by atoms with Crippen molar-refractivity contribution in [3.05, 3.63) is 61.8 Å². The Labute approximate surface area is 204 Å². The van der Waals surface area contributed by atoms with Crippen molar-refractivity contribution in [3.63, 3.8) is 0 Å². The molecular weight excluding hydrogens is 479 g/mol. The largest absolute Gasteiger partial charge is 0.502 e. The van der Waals surface area contributed by atoms with E-state index >= 15 is 0 Å². The standard InChI is InChI=1S/C24H24ClFN4O5/c1-27-17(31)10-13-3-2-7-24(13)28-21(33)19-14-6-8-29(11-12-4-5-16(26)15(25)9-12)22(34)18(14)20(32)23(35)30(19)24/h4-5,9,13,32H,2-3,6-8,10-11H2,1H3,(H,27,31)(H,28,33). The highest BCUT2D eigenvalue weighted by atomic mass is 35.5. The van der Waals surface area contributed by atoms with Crippen molar-refractivity contribution >= 4 is 29.3 Å². The predicted molar refractivity (Wildman–Crippen MR) is 124 cm³/mol. The first-order chi connectivity index (χ1) is 16.7. The first kappa shape index (κ1) is 23.3. The molecule has 2 atom stereocenters. The molecular formula is C24H24ClFN4O5. The maximum absolute atomic E-state index is 13.5. The fourth-order valence-electron chi connectivity index (χ4n) is 5.75. The third-order valence-corrected chi connectivity index (χ3v) is 7.67. The molecule has 1 fully saturated rings. The molecule has 0 radical (unpaired) electrons. The van der Waals surface area contributed by atoms with E-state index in [9.17, 15) is 28.7 Å². The van der Waals surface area contributed by atoms with Crippen molar-refractivity contribution < 1.29 is 23.9 Å². The summed E-state index contributed by atoms with van der Waals surface area (Å²) < 4.78 is 14.8. The summed E-state index contributed by atoms with van der Waals surface area (Å²) in [4.78, 5) is 53.5. The summed E-state index contributed by atoms with van der Waals surface area (Å²) >= 11 is 5.85. The van der Waals surface area contributed by atoms with Crippen LogP contribution in [0.3, 0.4) is 0 Å². The molecule has 0 saturated heterocycles. The minimum Gasteiger partial charge on any atom is -0.502 e. The van der Waals surface area contributed by atoms with Gasteiger partial charge in [0, 0.05) is 38.0 Å². The number of nitrogens with one attached hydrogen (secondary N) is 2. The lowest BCUT2D eigenvalue weighted by atomic mass is 9.91. The van der Waals surface area contributed by atoms with E-state index in [1.807, 2.05) is 0 Å². The quantitative estimate of drug-likeness (QED) is 0.589. The number of nitrogens with zero attached hydrogens (tertiary/aromatic N) is 2. The summed E-state index contributed by atoms with van der Waals surface area (Å²) in [5.41, 5.74) is -1.15. The van der Waals surface area contributed by atoms with E-state index in [-0.39, 0.29) is 54.0 Å². The van der Waals surface area contributed by atoms with Crippen LogP contribution in [0.4, 0.5) is 4.39 Å². The van der Waals surface area contributed by atoms with Crippen molar-refractivity contribution in [2.24, 2.45) is 5.92 Å². The molecule has 2 aromatic rings. The van der Waals surface area contributed by atoms with Crippen LogP contribution in [-0.4, -0.2) is 45.9 Å². The van der Waals surface area contributed by atoms with Gasteiger partial charge in [-0.1, -0.05) is 17.7 Å². The lowest BCUT2D eigenvalue weighted by molar-refractivity contribution is -0.122. The Morgan fingerprint density at radius 2 is 2.11 bits per heavy atom. The summed E-state index contributed by atoms with van der Waals surface area (Å²) in [5, 5.41) is 16.4. The Morgan fingerprint density at radius 1 is 1.34 bits per heavy atom. The van der Waals surface area contributed by atoms with Gasteiger partial charge < -0.3 is 20.6 Å². The van der Waals surface area contributed by atoms with E-state index < -0.39 is 34.6 Å². The van der Waals surface area contributed by atoms with Crippen molar-refractivity contribution in [1.29, 1.82) is 0 Å². The zero-order valence-electron chi connectivity index (χ0n) is 19.0. The second-order valence-electron chi connectivity index (χ2n) is 9.26. The molecule has 1 aliphatic carbocycles. The number of benzene rings is 1. The molecule has 1 aromatic heterocycles. The number of fused-ring (bicyclic) bond motifs is 4. The first-order valence-corrected chi connectivity index (χ1v) is 11.8. The number of pyridine rings is 1. The number of halogens is 2. The summed E-state index contributed by atoms with van der Waals surface area (Å²) in [6, 6.07) is 4.13. The molecule has 3 amide bonds. The van der Waals surface area contributed by atoms with Crippen LogP contribution in [0.2, 0.25) is 5.02 Å². The summed E-state index contributed by atoms with van der Waals surface area (Å²) in [6.45, 7) is 0.327. The van der Waals surface area contributed by atoms with Crippen LogP contribution in [-0.2, 0) is 23.4 Å². The Morgan fingerprint density at radius 3 is 2.83 bits per heavy atom. The second-order valence-corrected chi connectivity index (χ2v) is 9.67. The Kier molecular flexibility index (Phi) is 5.58. The molecule has 35 heavy (non-hydrogen) atoms. The molecule has 9 nitrogen and oxygen atoms in total. The summed E-state index contributed by atoms with van der Waals surface area (Å²) in [6.07, 6.45) is 2.12. The highest BCUT2D eigenvalue weighted by Crippen LogP contribution is 2.46. The molecule has 1 aromatic carbocycles. The van der Waals surface area contributed by atoms with Gasteiger partial charge in [0.05, 0.1) is 10.6 Å². The van der Waals surface area contributed by atoms with Crippen LogP contribution in [0.1, 0.15) is 57.7 Å². The second kappa shape index (κ2) is 8.37. The van der Waals surface area contributed by atoms with Crippen LogP contribution in [0.25, 0.3) is 0 Å². The minimum atomic E-state index is -1.12. The minimum absolute atomic E-state index is 0.0730. The van der Waals surface area contributed by atoms with E-state index in [0.717, 1.165) is 0 Å². The number of amides is 3. The van der Waals surface area contributed by atoms with E-state index in [2.05, 4.69) is 10.6 Å². The van der Waals surface area contributed by atoms with Crippen molar-refractivity contribution in [2.45, 2.75) is 44.3 Å². The van der Waals surface area contributed by atoms with Gasteiger partial charge in [-0.3, -0.25) is 23.7 Å². The normalized spacial score (nSPS) is 22.8. The highest BCUT2D eigenvalue weighted by Gasteiger charge is 2.54. The molecule has 5 rings (SSSR count). The number of rotatable bonds is 4. The summed E-state index contributed by atoms with van der Waals surface area (Å²) in [5.74, 6) is -2.91. The maximum atomic E-state index is 13.5. The van der Waals surface area contributed by atoms with Crippen molar-refractivity contribution in [1.82, 2.24) is 20.1 Å². The van der Waals surface area contributed by atoms with Gasteiger partial charge >= 0.3 is 0 Å². The van der Waals surface area contributed by atoms with Gasteiger partial charge in [-0.05, 0) is 43.4 Å². The van der Waals surface area contributed by atoms with Crippen molar-refractivity contribution in [2.75, 3.05) is 13.6 Å². The number of carbonyl (C=O) groups excluding carboxylic acids is 3. The highest BCUT2D eigenvalue weighted by molar-refractivity contribution is 6.30. The van der Waals surface area contributed by atoms with Crippen molar-refractivity contribution in [3.8, 4) is 5.75 Å². The van der Waals surface area contributed by atoms with Gasteiger partial charge in [0.15, 0.2) is 5.75 Å². The lowest BCUT2D eigenvalue weighted by Crippen LogP contribution is -2.51. The van der Waals surface area contributed by atoms with E-state index in [1.54, 1.807) is 0 Å². The van der Waals surface area contributed by atoms with Crippen LogP contribution < -0.4 is 16.2 Å². The predicted octanol–water partition coefficient (Wildman–Crippen LogP) is 1.88. The number of aromatic hydroxyl groups is 1. The fourth-order valence-corrected chi connectivity index (χ4v) is 5.95. The van der Waals surface area contributed by atoms with Gasteiger partial charge in [0.1, 0.15) is 17.2 Å². The van der Waals surface area contributed by atoms with Crippen LogP contribution in [0.15, 0.2) is 23.0 Å². The maximum Gasteiger partial charge on any atom is 0.296 e. The van der Waals surface area contributed by atoms with Crippen LogP contribution in [0.5, 0.6) is 5.75 Å². The van der Waals surface area contributed by atoms with E-state index in [4.69, 9.17) is 11.6 Å². The Balaban J connectivity index is 1.56. The van der Waals surface area contributed by atoms with Gasteiger partial charge in [-0.2, -0.15) is 0 Å². The van der Waals surface area contributed by atoms with Gasteiger partial charge in [-0.15, -0.1) is 0 Å². The first-order valence-electron chi connectivity index (χ1n) is 11.5. The number of hydrogen-bond acceptors (Lipinski definition) is 5. The zero-order chi connectivity index (χ0) is 25.1. The van der Waals surface area contributed by atoms with Crippen LogP contribution in [0, 0.1) is 11.7 Å². The number of hydrogen-bond donors (Lipinski definition) is 3. The molecule has 184 valence electrons. The van der Waals surface area contributed by atoms with E-state index in [1.165, 1.54) is 34.7 Å². The van der Waals surface area contributed by atoms with Gasteiger partial charge in [-0.25, -0.2) is 4.39 Å². The molecule has 2 unspecified atom stereocenters. The fraction of sp³-hybridized carbons (Fsp3) is 0.417. The average molecular weight is 503 g/mol. The van der Waals surface area contributed by atoms with Gasteiger partial charge in [0.2, 0.25) is 5.91 Å². The molecule has 11 heteroatoms. The third-order valence-electron chi connectivity index (χ3n) is 7.38. The van der Waals surface area contributed by atoms with E-state index in [0.29, 0.717) is 30.4 Å². The topological polar surface area (TPSA) is 121 Å². The molecule has 3 aliphatic rings. The molecule has 0 bridgehead atoms. The smallest absolute Gasteiger partial charge is 0.296 e. The number of carbonyl (C=O) groups is 3. The lowest BCUT2D eigenvalue weighted by Gasteiger charge is -2.34. The zero-order valence-corrected chi connectivity index (χ0v) is 19.7. The molecule has 3 N–H and O–H groups in total. The van der Waals surface area contributed by atoms with Gasteiger partial charge in [0.25, 0.3) is 17.4 Å². The number of aromatic nitrogens is 1. The molecule has 2 aliphatic heterocycles. The summed E-state index contributed by atoms with van der Waals surface area (Å²) in [7, 11) is 1.52. The van der Waals surface area contributed by atoms with Crippen LogP contribution >= 0.6 is 11.6 Å². The SMILES string of the molecule is CNC(=O)CC1CCCC12NC(=O)c1c3c(c(O)c(=O)n12)C(=O)N(Cc1ccc(F)c(Cl)c1)CC3. The Bertz CT molecular complexity index is 1340. The average Bonchev–Trinajstić information content (AvgIpc) is 3.35. The Hall–Kier alpha value is -3.40. The third kappa shape index (κ3) is 3.50. The molecule has 1 spiro atoms.